The number of aryl methyl sites for hydroxylation is 2. The first-order valence-electron chi connectivity index (χ1n) is 6.13. The van der Waals surface area contributed by atoms with E-state index in [1.807, 2.05) is 36.4 Å². The van der Waals surface area contributed by atoms with Gasteiger partial charge in [-0.15, -0.1) is 10.2 Å². The van der Waals surface area contributed by atoms with Crippen LogP contribution in [0.3, 0.4) is 0 Å². The Morgan fingerprint density at radius 1 is 1.15 bits per heavy atom. The molecule has 1 aromatic carbocycles. The van der Waals surface area contributed by atoms with Gasteiger partial charge in [-0.2, -0.15) is 0 Å². The number of aromatic nitrogens is 4. The maximum absolute atomic E-state index is 5.95. The molecule has 0 aliphatic carbocycles. The molecule has 0 bridgehead atoms. The lowest BCUT2D eigenvalue weighted by molar-refractivity contribution is 0.416. The van der Waals surface area contributed by atoms with Crippen molar-refractivity contribution in [1.82, 2.24) is 19.6 Å². The highest BCUT2D eigenvalue weighted by molar-refractivity contribution is 6.29. The van der Waals surface area contributed by atoms with Crippen LogP contribution in [0.15, 0.2) is 24.3 Å². The first kappa shape index (κ1) is 12.9. The molecule has 6 heteroatoms. The quantitative estimate of drug-likeness (QED) is 0.680. The minimum Gasteiger partial charge on any atom is -0.496 e. The summed E-state index contributed by atoms with van der Waals surface area (Å²) in [5.41, 5.74) is 2.67. The van der Waals surface area contributed by atoms with Gasteiger partial charge in [0.1, 0.15) is 16.7 Å². The summed E-state index contributed by atoms with van der Waals surface area (Å²) in [7, 11) is 1.64. The maximum atomic E-state index is 5.95. The molecular formula is C14H13ClN4O. The van der Waals surface area contributed by atoms with Gasteiger partial charge in [0.15, 0.2) is 11.5 Å². The Hall–Kier alpha value is -2.14. The summed E-state index contributed by atoms with van der Waals surface area (Å²) >= 11 is 5.95. The Labute approximate surface area is 121 Å². The lowest BCUT2D eigenvalue weighted by atomic mass is 10.1. The molecule has 3 aromatic rings. The highest BCUT2D eigenvalue weighted by Gasteiger charge is 2.15. The zero-order valence-corrected chi connectivity index (χ0v) is 12.1. The molecule has 20 heavy (non-hydrogen) atoms. The van der Waals surface area contributed by atoms with Crippen LogP contribution in [0.1, 0.15) is 11.4 Å². The van der Waals surface area contributed by atoms with Crippen molar-refractivity contribution in [2.24, 2.45) is 0 Å². The SMILES string of the molecule is COc1ccc(C)cc1-c1nnc2cc(Cl)nc(C)n12. The summed E-state index contributed by atoms with van der Waals surface area (Å²) in [5.74, 6) is 2.18. The van der Waals surface area contributed by atoms with E-state index in [-0.39, 0.29) is 0 Å². The van der Waals surface area contributed by atoms with Crippen LogP contribution in [-0.4, -0.2) is 26.7 Å². The van der Waals surface area contributed by atoms with Gasteiger partial charge in [-0.3, -0.25) is 4.40 Å². The van der Waals surface area contributed by atoms with Crippen molar-refractivity contribution >= 4 is 17.2 Å². The fourth-order valence-corrected chi connectivity index (χ4v) is 2.44. The van der Waals surface area contributed by atoms with Gasteiger partial charge in [-0.1, -0.05) is 23.2 Å². The van der Waals surface area contributed by atoms with Crippen molar-refractivity contribution in [1.29, 1.82) is 0 Å². The minimum absolute atomic E-state index is 0.408. The molecule has 0 unspecified atom stereocenters. The second-order valence-corrected chi connectivity index (χ2v) is 4.93. The van der Waals surface area contributed by atoms with Crippen LogP contribution in [-0.2, 0) is 0 Å². The van der Waals surface area contributed by atoms with Gasteiger partial charge >= 0.3 is 0 Å². The molecule has 0 radical (unpaired) electrons. The van der Waals surface area contributed by atoms with Crippen molar-refractivity contribution in [2.45, 2.75) is 13.8 Å². The minimum atomic E-state index is 0.408. The fraction of sp³-hybridized carbons (Fsp3) is 0.214. The summed E-state index contributed by atoms with van der Waals surface area (Å²) < 4.78 is 7.27. The Kier molecular flexibility index (Phi) is 3.06. The van der Waals surface area contributed by atoms with E-state index in [1.165, 1.54) is 0 Å². The molecule has 102 valence electrons. The Morgan fingerprint density at radius 3 is 2.70 bits per heavy atom. The van der Waals surface area contributed by atoms with Gasteiger partial charge in [0.2, 0.25) is 0 Å². The van der Waals surface area contributed by atoms with E-state index in [1.54, 1.807) is 13.2 Å². The van der Waals surface area contributed by atoms with E-state index < -0.39 is 0 Å². The third-order valence-corrected chi connectivity index (χ3v) is 3.32. The van der Waals surface area contributed by atoms with Gasteiger partial charge in [-0.25, -0.2) is 4.98 Å². The van der Waals surface area contributed by atoms with Gasteiger partial charge < -0.3 is 4.74 Å². The van der Waals surface area contributed by atoms with Crippen LogP contribution >= 0.6 is 11.6 Å². The average Bonchev–Trinajstić information content (AvgIpc) is 2.82. The molecule has 2 aromatic heterocycles. The number of methoxy groups -OCH3 is 1. The number of hydrogen-bond acceptors (Lipinski definition) is 4. The monoisotopic (exact) mass is 288 g/mol. The molecule has 5 nitrogen and oxygen atoms in total. The number of nitrogens with zero attached hydrogens (tertiary/aromatic N) is 4. The molecule has 2 heterocycles. The first-order valence-corrected chi connectivity index (χ1v) is 6.51. The molecule has 0 saturated carbocycles. The van der Waals surface area contributed by atoms with Crippen molar-refractivity contribution in [2.75, 3.05) is 7.11 Å². The van der Waals surface area contributed by atoms with Gasteiger partial charge in [0.25, 0.3) is 0 Å². The zero-order valence-electron chi connectivity index (χ0n) is 11.4. The van der Waals surface area contributed by atoms with E-state index in [2.05, 4.69) is 15.2 Å². The summed E-state index contributed by atoms with van der Waals surface area (Å²) in [4.78, 5) is 4.25. The van der Waals surface area contributed by atoms with E-state index in [0.717, 1.165) is 22.7 Å². The molecule has 0 atom stereocenters. The van der Waals surface area contributed by atoms with Crippen molar-refractivity contribution in [3.63, 3.8) is 0 Å². The standard InChI is InChI=1S/C14H13ClN4O/c1-8-4-5-11(20-3)10(6-8)14-18-17-13-7-12(15)16-9(2)19(13)14/h4-7H,1-3H3. The number of rotatable bonds is 2. The van der Waals surface area contributed by atoms with Crippen molar-refractivity contribution < 1.29 is 4.74 Å². The first-order chi connectivity index (χ1) is 9.60. The lowest BCUT2D eigenvalue weighted by Crippen LogP contribution is -1.99. The molecule has 3 rings (SSSR count). The van der Waals surface area contributed by atoms with E-state index in [0.29, 0.717) is 16.6 Å². The van der Waals surface area contributed by atoms with E-state index in [9.17, 15) is 0 Å². The second-order valence-electron chi connectivity index (χ2n) is 4.55. The molecule has 0 amide bonds. The number of benzene rings is 1. The Balaban J connectivity index is 2.33. The molecule has 0 spiro atoms. The number of ether oxygens (including phenoxy) is 1. The summed E-state index contributed by atoms with van der Waals surface area (Å²) in [6, 6.07) is 7.62. The van der Waals surface area contributed by atoms with Crippen LogP contribution in [0, 0.1) is 13.8 Å². The van der Waals surface area contributed by atoms with Crippen LogP contribution in [0.5, 0.6) is 5.75 Å². The summed E-state index contributed by atoms with van der Waals surface area (Å²) in [6.07, 6.45) is 0. The summed E-state index contributed by atoms with van der Waals surface area (Å²) in [6.45, 7) is 3.89. The third-order valence-electron chi connectivity index (χ3n) is 3.12. The smallest absolute Gasteiger partial charge is 0.173 e. The summed E-state index contributed by atoms with van der Waals surface area (Å²) in [5, 5.41) is 8.81. The molecule has 0 fully saturated rings. The topological polar surface area (TPSA) is 52.3 Å². The normalized spacial score (nSPS) is 11.0. The predicted molar refractivity (Wildman–Crippen MR) is 77.3 cm³/mol. The number of fused-ring (bicyclic) bond motifs is 1. The molecule has 0 aliphatic rings. The van der Waals surface area contributed by atoms with Gasteiger partial charge in [-0.05, 0) is 26.0 Å². The van der Waals surface area contributed by atoms with Gasteiger partial charge in [0.05, 0.1) is 12.7 Å². The van der Waals surface area contributed by atoms with Crippen LogP contribution in [0.25, 0.3) is 17.0 Å². The zero-order chi connectivity index (χ0) is 14.3. The Bertz CT molecular complexity index is 797. The molecule has 0 aliphatic heterocycles. The average molecular weight is 289 g/mol. The highest BCUT2D eigenvalue weighted by Crippen LogP contribution is 2.30. The highest BCUT2D eigenvalue weighted by atomic mass is 35.5. The van der Waals surface area contributed by atoms with Crippen LogP contribution in [0.4, 0.5) is 0 Å². The Morgan fingerprint density at radius 2 is 1.95 bits per heavy atom. The van der Waals surface area contributed by atoms with E-state index in [4.69, 9.17) is 16.3 Å². The largest absolute Gasteiger partial charge is 0.496 e. The van der Waals surface area contributed by atoms with Gasteiger partial charge in [0, 0.05) is 6.07 Å². The van der Waals surface area contributed by atoms with Crippen molar-refractivity contribution in [3.05, 3.63) is 40.8 Å². The van der Waals surface area contributed by atoms with Crippen molar-refractivity contribution in [3.8, 4) is 17.1 Å². The predicted octanol–water partition coefficient (Wildman–Crippen LogP) is 3.07. The van der Waals surface area contributed by atoms with Crippen LogP contribution in [0.2, 0.25) is 5.15 Å². The molecule has 0 N–H and O–H groups in total. The third kappa shape index (κ3) is 2.00. The number of halogens is 1. The number of hydrogen-bond donors (Lipinski definition) is 0. The second kappa shape index (κ2) is 4.76. The lowest BCUT2D eigenvalue weighted by Gasteiger charge is -2.09. The van der Waals surface area contributed by atoms with Crippen LogP contribution < -0.4 is 4.74 Å². The van der Waals surface area contributed by atoms with E-state index >= 15 is 0 Å². The molecular weight excluding hydrogens is 276 g/mol. The maximum Gasteiger partial charge on any atom is 0.173 e. The fourth-order valence-electron chi connectivity index (χ4n) is 2.22. The molecule has 0 saturated heterocycles.